The Bertz CT molecular complexity index is 680. The quantitative estimate of drug-likeness (QED) is 0.820. The normalized spacial score (nSPS) is 16.6. The van der Waals surface area contributed by atoms with Crippen molar-refractivity contribution in [1.82, 2.24) is 5.32 Å². The number of hydrogen-bond donors (Lipinski definition) is 1. The lowest BCUT2D eigenvalue weighted by Gasteiger charge is -2.44. The van der Waals surface area contributed by atoms with Crippen molar-refractivity contribution in [1.29, 1.82) is 0 Å². The third kappa shape index (κ3) is 2.51. The number of hydrogen-bond acceptors (Lipinski definition) is 1. The predicted molar refractivity (Wildman–Crippen MR) is 83.5 cm³/mol. The summed E-state index contributed by atoms with van der Waals surface area (Å²) in [6.07, 6.45) is 0.363. The van der Waals surface area contributed by atoms with Crippen LogP contribution in [-0.2, 0) is 11.8 Å². The van der Waals surface area contributed by atoms with Crippen molar-refractivity contribution in [3.8, 4) is 0 Å². The Hall–Kier alpha value is -1.26. The van der Waals surface area contributed by atoms with E-state index in [-0.39, 0.29) is 11.0 Å². The van der Waals surface area contributed by atoms with Gasteiger partial charge in [0.25, 0.3) is 0 Å². The third-order valence-electron chi connectivity index (χ3n) is 4.30. The van der Waals surface area contributed by atoms with E-state index < -0.39 is 11.6 Å². The van der Waals surface area contributed by atoms with E-state index in [2.05, 4.69) is 27.3 Å². The van der Waals surface area contributed by atoms with Crippen molar-refractivity contribution in [2.24, 2.45) is 0 Å². The Kier molecular flexibility index (Phi) is 3.84. The molecule has 1 heterocycles. The first-order valence-corrected chi connectivity index (χ1v) is 7.72. The monoisotopic (exact) mass is 351 g/mol. The first-order chi connectivity index (χ1) is 10.0. The van der Waals surface area contributed by atoms with Crippen LogP contribution in [0, 0.1) is 18.6 Å². The van der Waals surface area contributed by atoms with Gasteiger partial charge in [0.05, 0.1) is 4.47 Å². The van der Waals surface area contributed by atoms with Crippen LogP contribution in [-0.4, -0.2) is 13.1 Å². The van der Waals surface area contributed by atoms with Gasteiger partial charge in [-0.15, -0.1) is 0 Å². The zero-order valence-corrected chi connectivity index (χ0v) is 13.3. The first-order valence-electron chi connectivity index (χ1n) is 6.93. The van der Waals surface area contributed by atoms with Crippen molar-refractivity contribution in [3.05, 3.63) is 69.2 Å². The molecule has 4 heteroatoms. The average Bonchev–Trinajstić information content (AvgIpc) is 2.43. The van der Waals surface area contributed by atoms with Crippen molar-refractivity contribution in [3.63, 3.8) is 0 Å². The molecule has 1 aliphatic heterocycles. The molecule has 3 rings (SSSR count). The smallest absolute Gasteiger partial charge is 0.143 e. The fraction of sp³-hybridized carbons (Fsp3) is 0.294. The second-order valence-corrected chi connectivity index (χ2v) is 6.55. The Morgan fingerprint density at radius 2 is 1.86 bits per heavy atom. The molecule has 1 fully saturated rings. The Labute approximate surface area is 131 Å². The van der Waals surface area contributed by atoms with Gasteiger partial charge in [-0.25, -0.2) is 8.78 Å². The van der Waals surface area contributed by atoms with E-state index in [0.29, 0.717) is 10.9 Å². The third-order valence-corrected chi connectivity index (χ3v) is 4.91. The number of halogens is 3. The predicted octanol–water partition coefficient (Wildman–Crippen LogP) is 4.12. The molecular formula is C17H16BrF2N. The van der Waals surface area contributed by atoms with Crippen molar-refractivity contribution in [2.45, 2.75) is 18.8 Å². The SMILES string of the molecule is Cc1ccccc1C1(Cc2c(F)ccc(Br)c2F)CNC1. The van der Waals surface area contributed by atoms with E-state index in [1.807, 2.05) is 25.1 Å². The van der Waals surface area contributed by atoms with Gasteiger partial charge >= 0.3 is 0 Å². The lowest BCUT2D eigenvalue weighted by Crippen LogP contribution is -2.58. The zero-order valence-electron chi connectivity index (χ0n) is 11.7. The minimum absolute atomic E-state index is 0.161. The van der Waals surface area contributed by atoms with Crippen LogP contribution in [0.15, 0.2) is 40.9 Å². The minimum Gasteiger partial charge on any atom is -0.315 e. The zero-order chi connectivity index (χ0) is 15.0. The van der Waals surface area contributed by atoms with E-state index in [1.165, 1.54) is 17.7 Å². The van der Waals surface area contributed by atoms with Crippen LogP contribution < -0.4 is 5.32 Å². The average molecular weight is 352 g/mol. The summed E-state index contributed by atoms with van der Waals surface area (Å²) < 4.78 is 28.6. The summed E-state index contributed by atoms with van der Waals surface area (Å²) in [4.78, 5) is 0. The van der Waals surface area contributed by atoms with Gasteiger partial charge < -0.3 is 5.32 Å². The minimum atomic E-state index is -0.491. The lowest BCUT2D eigenvalue weighted by atomic mass is 9.69. The number of rotatable bonds is 3. The summed E-state index contributed by atoms with van der Waals surface area (Å²) in [5, 5.41) is 3.24. The molecule has 0 aromatic heterocycles. The molecule has 0 bridgehead atoms. The van der Waals surface area contributed by atoms with Crippen molar-refractivity contribution >= 4 is 15.9 Å². The number of nitrogens with one attached hydrogen (secondary N) is 1. The molecule has 110 valence electrons. The van der Waals surface area contributed by atoms with Crippen LogP contribution in [0.5, 0.6) is 0 Å². The summed E-state index contributed by atoms with van der Waals surface area (Å²) in [5.74, 6) is -0.967. The molecule has 0 spiro atoms. The van der Waals surface area contributed by atoms with Gasteiger partial charge in [0.15, 0.2) is 0 Å². The summed E-state index contributed by atoms with van der Waals surface area (Å²) in [5.41, 5.74) is 2.26. The van der Waals surface area contributed by atoms with Gasteiger partial charge in [-0.1, -0.05) is 24.3 Å². The highest BCUT2D eigenvalue weighted by molar-refractivity contribution is 9.10. The van der Waals surface area contributed by atoms with Crippen LogP contribution in [0.25, 0.3) is 0 Å². The summed E-state index contributed by atoms with van der Waals surface area (Å²) in [7, 11) is 0. The topological polar surface area (TPSA) is 12.0 Å². The van der Waals surface area contributed by atoms with Crippen molar-refractivity contribution < 1.29 is 8.78 Å². The summed E-state index contributed by atoms with van der Waals surface area (Å²) >= 11 is 3.14. The van der Waals surface area contributed by atoms with E-state index >= 15 is 0 Å². The van der Waals surface area contributed by atoms with E-state index in [9.17, 15) is 8.78 Å². The fourth-order valence-corrected chi connectivity index (χ4v) is 3.45. The van der Waals surface area contributed by atoms with E-state index in [0.717, 1.165) is 18.7 Å². The molecular weight excluding hydrogens is 336 g/mol. The molecule has 2 aromatic rings. The van der Waals surface area contributed by atoms with Crippen LogP contribution in [0.2, 0.25) is 0 Å². The summed E-state index contributed by atoms with van der Waals surface area (Å²) in [6.45, 7) is 3.52. The maximum atomic E-state index is 14.3. The molecule has 1 nitrogen and oxygen atoms in total. The van der Waals surface area contributed by atoms with Crippen LogP contribution in [0.1, 0.15) is 16.7 Å². The van der Waals surface area contributed by atoms with Crippen LogP contribution >= 0.6 is 15.9 Å². The van der Waals surface area contributed by atoms with E-state index in [4.69, 9.17) is 0 Å². The lowest BCUT2D eigenvalue weighted by molar-refractivity contribution is 0.267. The van der Waals surface area contributed by atoms with Gasteiger partial charge in [-0.3, -0.25) is 0 Å². The molecule has 0 aliphatic carbocycles. The maximum absolute atomic E-state index is 14.3. The van der Waals surface area contributed by atoms with Gasteiger partial charge in [0.2, 0.25) is 0 Å². The second kappa shape index (κ2) is 5.50. The molecule has 0 radical (unpaired) electrons. The largest absolute Gasteiger partial charge is 0.315 e. The highest BCUT2D eigenvalue weighted by Crippen LogP contribution is 2.36. The molecule has 2 aromatic carbocycles. The molecule has 1 aliphatic rings. The molecule has 0 unspecified atom stereocenters. The Morgan fingerprint density at radius 3 is 2.48 bits per heavy atom. The molecule has 0 amide bonds. The number of benzene rings is 2. The van der Waals surface area contributed by atoms with Crippen LogP contribution in [0.4, 0.5) is 8.78 Å². The molecule has 1 N–H and O–H groups in total. The Morgan fingerprint density at radius 1 is 1.14 bits per heavy atom. The van der Waals surface area contributed by atoms with Gasteiger partial charge in [0.1, 0.15) is 11.6 Å². The van der Waals surface area contributed by atoms with Gasteiger partial charge in [-0.05, 0) is 52.5 Å². The highest BCUT2D eigenvalue weighted by atomic mass is 79.9. The van der Waals surface area contributed by atoms with Crippen LogP contribution in [0.3, 0.4) is 0 Å². The Balaban J connectivity index is 2.03. The van der Waals surface area contributed by atoms with Gasteiger partial charge in [0, 0.05) is 24.1 Å². The first kappa shape index (κ1) is 14.7. The van der Waals surface area contributed by atoms with Gasteiger partial charge in [-0.2, -0.15) is 0 Å². The summed E-state index contributed by atoms with van der Waals surface area (Å²) in [6, 6.07) is 10.8. The maximum Gasteiger partial charge on any atom is 0.143 e. The molecule has 0 saturated carbocycles. The standard InChI is InChI=1S/C17H16BrF2N/c1-11-4-2-3-5-13(11)17(9-21-10-17)8-12-15(19)7-6-14(18)16(12)20/h2-7,21H,8-10H2,1H3. The molecule has 0 atom stereocenters. The number of aryl methyl sites for hydroxylation is 1. The van der Waals surface area contributed by atoms with E-state index in [1.54, 1.807) is 0 Å². The van der Waals surface area contributed by atoms with Crippen molar-refractivity contribution in [2.75, 3.05) is 13.1 Å². The molecule has 1 saturated heterocycles. The highest BCUT2D eigenvalue weighted by Gasteiger charge is 2.41. The second-order valence-electron chi connectivity index (χ2n) is 5.70. The fourth-order valence-electron chi connectivity index (χ4n) is 3.07. The molecule has 21 heavy (non-hydrogen) atoms.